The fourth-order valence-corrected chi connectivity index (χ4v) is 2.25. The highest BCUT2D eigenvalue weighted by Crippen LogP contribution is 2.25. The van der Waals surface area contributed by atoms with Gasteiger partial charge in [-0.1, -0.05) is 27.7 Å². The standard InChI is InChI=1S/C8H16N2.2C2H6/c1-9-5-8-4-3-7(9)6-10(8)2;2*1-2/h7-8H,3-6H2,1-2H3;2*1-2H3. The van der Waals surface area contributed by atoms with Crippen LogP contribution in [0.15, 0.2) is 0 Å². The molecule has 0 amide bonds. The summed E-state index contributed by atoms with van der Waals surface area (Å²) in [6, 6.07) is 1.71. The highest BCUT2D eigenvalue weighted by molar-refractivity contribution is 4.91. The SMILES string of the molecule is CC.CC.CN1CC2CCC1CN2C. The van der Waals surface area contributed by atoms with Crippen molar-refractivity contribution >= 4 is 0 Å². The molecular formula is C12H28N2. The molecule has 2 heteroatoms. The molecule has 0 aromatic heterocycles. The summed E-state index contributed by atoms with van der Waals surface area (Å²) in [4.78, 5) is 5.02. The van der Waals surface area contributed by atoms with Gasteiger partial charge in [-0.05, 0) is 26.9 Å². The number of hydrogen-bond acceptors (Lipinski definition) is 2. The molecule has 0 saturated carbocycles. The van der Waals surface area contributed by atoms with Gasteiger partial charge in [-0.25, -0.2) is 0 Å². The number of fused-ring (bicyclic) bond motifs is 3. The van der Waals surface area contributed by atoms with Gasteiger partial charge in [0.15, 0.2) is 0 Å². The number of piperazine rings is 1. The van der Waals surface area contributed by atoms with Crippen molar-refractivity contribution in [1.29, 1.82) is 0 Å². The van der Waals surface area contributed by atoms with Gasteiger partial charge in [0.1, 0.15) is 0 Å². The van der Waals surface area contributed by atoms with E-state index in [4.69, 9.17) is 0 Å². The molecule has 0 aliphatic carbocycles. The quantitative estimate of drug-likeness (QED) is 0.592. The number of likely N-dealkylation sites (N-methyl/N-ethyl adjacent to an activating group) is 2. The van der Waals surface area contributed by atoms with Crippen LogP contribution < -0.4 is 0 Å². The van der Waals surface area contributed by atoms with Crippen LogP contribution >= 0.6 is 0 Å². The molecule has 0 N–H and O–H groups in total. The minimum Gasteiger partial charge on any atom is -0.301 e. The number of rotatable bonds is 0. The first-order valence-electron chi connectivity index (χ1n) is 6.18. The average Bonchev–Trinajstić information content (AvgIpc) is 2.26. The third kappa shape index (κ3) is 3.25. The summed E-state index contributed by atoms with van der Waals surface area (Å²) in [7, 11) is 4.51. The zero-order valence-corrected chi connectivity index (χ0v) is 10.9. The summed E-state index contributed by atoms with van der Waals surface area (Å²) in [6.45, 7) is 10.6. The molecule has 14 heavy (non-hydrogen) atoms. The number of piperidine rings is 2. The van der Waals surface area contributed by atoms with Crippen molar-refractivity contribution < 1.29 is 0 Å². The second-order valence-corrected chi connectivity index (χ2v) is 3.76. The topological polar surface area (TPSA) is 6.48 Å². The van der Waals surface area contributed by atoms with Crippen molar-refractivity contribution in [1.82, 2.24) is 9.80 Å². The van der Waals surface area contributed by atoms with Crippen LogP contribution in [0.2, 0.25) is 0 Å². The van der Waals surface area contributed by atoms with Crippen molar-refractivity contribution in [2.45, 2.75) is 52.6 Å². The largest absolute Gasteiger partial charge is 0.301 e. The summed E-state index contributed by atoms with van der Waals surface area (Å²) in [5.74, 6) is 0. The lowest BCUT2D eigenvalue weighted by molar-refractivity contribution is 0.00971. The smallest absolute Gasteiger partial charge is 0.0221 e. The first kappa shape index (κ1) is 13.9. The Morgan fingerprint density at radius 3 is 1.14 bits per heavy atom. The third-order valence-corrected chi connectivity index (χ3v) is 3.08. The predicted molar refractivity (Wildman–Crippen MR) is 64.8 cm³/mol. The summed E-state index contributed by atoms with van der Waals surface area (Å²) in [5.41, 5.74) is 0. The molecule has 3 aliphatic rings. The van der Waals surface area contributed by atoms with Crippen molar-refractivity contribution in [3.8, 4) is 0 Å². The Morgan fingerprint density at radius 2 is 1.00 bits per heavy atom. The van der Waals surface area contributed by atoms with Gasteiger partial charge < -0.3 is 9.80 Å². The second-order valence-electron chi connectivity index (χ2n) is 3.76. The molecule has 3 heterocycles. The van der Waals surface area contributed by atoms with Gasteiger partial charge >= 0.3 is 0 Å². The fraction of sp³-hybridized carbons (Fsp3) is 1.00. The lowest BCUT2D eigenvalue weighted by Gasteiger charge is -2.48. The molecule has 0 spiro atoms. The molecular weight excluding hydrogens is 172 g/mol. The Kier molecular flexibility index (Phi) is 7.20. The molecule has 3 saturated heterocycles. The molecule has 0 aromatic carbocycles. The lowest BCUT2D eigenvalue weighted by atomic mass is 9.92. The monoisotopic (exact) mass is 200 g/mol. The Hall–Kier alpha value is -0.0800. The Morgan fingerprint density at radius 1 is 0.714 bits per heavy atom. The van der Waals surface area contributed by atoms with Crippen LogP contribution in [-0.2, 0) is 0 Å². The summed E-state index contributed by atoms with van der Waals surface area (Å²) < 4.78 is 0. The second kappa shape index (κ2) is 7.24. The van der Waals surface area contributed by atoms with Gasteiger partial charge in [0.2, 0.25) is 0 Å². The van der Waals surface area contributed by atoms with Crippen molar-refractivity contribution in [2.75, 3.05) is 27.2 Å². The van der Waals surface area contributed by atoms with E-state index in [1.807, 2.05) is 27.7 Å². The summed E-state index contributed by atoms with van der Waals surface area (Å²) >= 11 is 0. The molecule has 2 nitrogen and oxygen atoms in total. The first-order valence-corrected chi connectivity index (χ1v) is 6.18. The van der Waals surface area contributed by atoms with Crippen LogP contribution in [0.25, 0.3) is 0 Å². The maximum atomic E-state index is 2.51. The molecule has 2 bridgehead atoms. The van der Waals surface area contributed by atoms with Gasteiger partial charge in [0, 0.05) is 25.2 Å². The predicted octanol–water partition coefficient (Wildman–Crippen LogP) is 2.45. The zero-order chi connectivity index (χ0) is 11.1. The summed E-state index contributed by atoms with van der Waals surface area (Å²) in [6.07, 6.45) is 2.84. The van der Waals surface area contributed by atoms with Gasteiger partial charge in [-0.15, -0.1) is 0 Å². The van der Waals surface area contributed by atoms with Crippen LogP contribution in [0, 0.1) is 0 Å². The highest BCUT2D eigenvalue weighted by Gasteiger charge is 2.34. The van der Waals surface area contributed by atoms with Crippen LogP contribution in [-0.4, -0.2) is 49.1 Å². The zero-order valence-electron chi connectivity index (χ0n) is 10.9. The van der Waals surface area contributed by atoms with Gasteiger partial charge in [-0.2, -0.15) is 0 Å². The van der Waals surface area contributed by atoms with E-state index in [0.717, 1.165) is 12.1 Å². The van der Waals surface area contributed by atoms with Crippen LogP contribution in [0.1, 0.15) is 40.5 Å². The van der Waals surface area contributed by atoms with E-state index in [0.29, 0.717) is 0 Å². The van der Waals surface area contributed by atoms with E-state index < -0.39 is 0 Å². The number of nitrogens with zero attached hydrogens (tertiary/aromatic N) is 2. The van der Waals surface area contributed by atoms with Crippen molar-refractivity contribution in [3.63, 3.8) is 0 Å². The van der Waals surface area contributed by atoms with E-state index in [1.54, 1.807) is 0 Å². The molecule has 2 atom stereocenters. The Bertz CT molecular complexity index is 120. The first-order chi connectivity index (χ1) is 6.77. The summed E-state index contributed by atoms with van der Waals surface area (Å²) in [5, 5.41) is 0. The fourth-order valence-electron chi connectivity index (χ4n) is 2.25. The maximum Gasteiger partial charge on any atom is 0.0221 e. The lowest BCUT2D eigenvalue weighted by Crippen LogP contribution is -2.59. The minimum atomic E-state index is 0.856. The van der Waals surface area contributed by atoms with Crippen LogP contribution in [0.5, 0.6) is 0 Å². The van der Waals surface area contributed by atoms with E-state index in [2.05, 4.69) is 23.9 Å². The van der Waals surface area contributed by atoms with E-state index in [9.17, 15) is 0 Å². The normalized spacial score (nSPS) is 31.3. The average molecular weight is 200 g/mol. The molecule has 3 rings (SSSR count). The molecule has 3 fully saturated rings. The van der Waals surface area contributed by atoms with Crippen LogP contribution in [0.4, 0.5) is 0 Å². The number of hydrogen-bond donors (Lipinski definition) is 0. The van der Waals surface area contributed by atoms with E-state index >= 15 is 0 Å². The van der Waals surface area contributed by atoms with E-state index in [1.165, 1.54) is 25.9 Å². The van der Waals surface area contributed by atoms with Crippen LogP contribution in [0.3, 0.4) is 0 Å². The Balaban J connectivity index is 0.000000379. The molecule has 86 valence electrons. The Labute approximate surface area is 90.3 Å². The maximum absolute atomic E-state index is 2.51. The van der Waals surface area contributed by atoms with E-state index in [-0.39, 0.29) is 0 Å². The highest BCUT2D eigenvalue weighted by atomic mass is 15.3. The van der Waals surface area contributed by atoms with Crippen molar-refractivity contribution in [3.05, 3.63) is 0 Å². The molecule has 0 aromatic rings. The van der Waals surface area contributed by atoms with Crippen molar-refractivity contribution in [2.24, 2.45) is 0 Å². The van der Waals surface area contributed by atoms with Gasteiger partial charge in [-0.3, -0.25) is 0 Å². The minimum absolute atomic E-state index is 0.856. The molecule has 2 unspecified atom stereocenters. The van der Waals surface area contributed by atoms with Gasteiger partial charge in [0.05, 0.1) is 0 Å². The van der Waals surface area contributed by atoms with Gasteiger partial charge in [0.25, 0.3) is 0 Å². The molecule has 0 radical (unpaired) electrons. The molecule has 3 aliphatic heterocycles. The third-order valence-electron chi connectivity index (χ3n) is 3.08.